The molecule has 0 aliphatic carbocycles. The molecule has 4 heteroatoms. The Morgan fingerprint density at radius 2 is 1.95 bits per heavy atom. The van der Waals surface area contributed by atoms with Crippen LogP contribution in [-0.2, 0) is 11.4 Å². The van der Waals surface area contributed by atoms with Crippen LogP contribution in [0.25, 0.3) is 0 Å². The van der Waals surface area contributed by atoms with Gasteiger partial charge in [0.1, 0.15) is 12.4 Å². The molecule has 0 saturated heterocycles. The SMILES string of the molecule is CC(CC(=O)O)c1cc(Br)ccc1OCc1ccccc1. The summed E-state index contributed by atoms with van der Waals surface area (Å²) in [5.41, 5.74) is 1.99. The molecule has 0 fully saturated rings. The maximum Gasteiger partial charge on any atom is 0.303 e. The average molecular weight is 349 g/mol. The highest BCUT2D eigenvalue weighted by atomic mass is 79.9. The number of carboxylic acids is 1. The van der Waals surface area contributed by atoms with Gasteiger partial charge in [-0.3, -0.25) is 4.79 Å². The van der Waals surface area contributed by atoms with Crippen molar-refractivity contribution in [3.8, 4) is 5.75 Å². The van der Waals surface area contributed by atoms with Crippen molar-refractivity contribution in [2.45, 2.75) is 25.9 Å². The Morgan fingerprint density at radius 1 is 1.24 bits per heavy atom. The van der Waals surface area contributed by atoms with Crippen LogP contribution in [0, 0.1) is 0 Å². The maximum absolute atomic E-state index is 10.9. The first-order valence-corrected chi connectivity index (χ1v) is 7.53. The molecule has 0 heterocycles. The molecule has 0 spiro atoms. The highest BCUT2D eigenvalue weighted by Crippen LogP contribution is 2.32. The van der Waals surface area contributed by atoms with Gasteiger partial charge in [0.25, 0.3) is 0 Å². The molecule has 1 atom stereocenters. The van der Waals surface area contributed by atoms with Crippen molar-refractivity contribution >= 4 is 21.9 Å². The van der Waals surface area contributed by atoms with E-state index in [1.807, 2.05) is 55.5 Å². The number of carboxylic acid groups (broad SMARTS) is 1. The summed E-state index contributed by atoms with van der Waals surface area (Å²) in [6.07, 6.45) is 0.0815. The van der Waals surface area contributed by atoms with Crippen LogP contribution in [0.1, 0.15) is 30.4 Å². The number of ether oxygens (including phenoxy) is 1. The molecule has 0 aliphatic heterocycles. The minimum atomic E-state index is -0.809. The van der Waals surface area contributed by atoms with Gasteiger partial charge in [0.05, 0.1) is 6.42 Å². The second-order valence-electron chi connectivity index (χ2n) is 4.96. The summed E-state index contributed by atoms with van der Waals surface area (Å²) in [7, 11) is 0. The number of rotatable bonds is 6. The Hall–Kier alpha value is -1.81. The first-order valence-electron chi connectivity index (χ1n) is 6.74. The van der Waals surface area contributed by atoms with Crippen LogP contribution in [0.3, 0.4) is 0 Å². The fourth-order valence-corrected chi connectivity index (χ4v) is 2.52. The summed E-state index contributed by atoms with van der Waals surface area (Å²) >= 11 is 3.42. The lowest BCUT2D eigenvalue weighted by molar-refractivity contribution is -0.137. The summed E-state index contributed by atoms with van der Waals surface area (Å²) in [6, 6.07) is 15.6. The molecule has 1 N–H and O–H groups in total. The monoisotopic (exact) mass is 348 g/mol. The van der Waals surface area contributed by atoms with Gasteiger partial charge < -0.3 is 9.84 Å². The zero-order valence-electron chi connectivity index (χ0n) is 11.8. The largest absolute Gasteiger partial charge is 0.489 e. The Balaban J connectivity index is 2.16. The average Bonchev–Trinajstić information content (AvgIpc) is 2.46. The molecule has 21 heavy (non-hydrogen) atoms. The standard InChI is InChI=1S/C17H17BrO3/c1-12(9-17(19)20)15-10-14(18)7-8-16(15)21-11-13-5-3-2-4-6-13/h2-8,10,12H,9,11H2,1H3,(H,19,20). The van der Waals surface area contributed by atoms with Gasteiger partial charge >= 0.3 is 5.97 Å². The molecule has 0 saturated carbocycles. The topological polar surface area (TPSA) is 46.5 Å². The highest BCUT2D eigenvalue weighted by Gasteiger charge is 2.15. The van der Waals surface area contributed by atoms with Crippen LogP contribution in [0.2, 0.25) is 0 Å². The van der Waals surface area contributed by atoms with Gasteiger partial charge in [0, 0.05) is 4.47 Å². The molecule has 2 aromatic rings. The van der Waals surface area contributed by atoms with Gasteiger partial charge in [-0.2, -0.15) is 0 Å². The lowest BCUT2D eigenvalue weighted by Gasteiger charge is -2.16. The summed E-state index contributed by atoms with van der Waals surface area (Å²) in [6.45, 7) is 2.36. The molecule has 3 nitrogen and oxygen atoms in total. The Labute approximate surface area is 132 Å². The van der Waals surface area contributed by atoms with E-state index in [1.54, 1.807) is 0 Å². The molecule has 110 valence electrons. The summed E-state index contributed by atoms with van der Waals surface area (Å²) in [5, 5.41) is 8.96. The predicted molar refractivity (Wildman–Crippen MR) is 85.6 cm³/mol. The lowest BCUT2D eigenvalue weighted by atomic mass is 9.97. The first kappa shape index (κ1) is 15.6. The number of hydrogen-bond donors (Lipinski definition) is 1. The van der Waals surface area contributed by atoms with E-state index in [9.17, 15) is 4.79 Å². The van der Waals surface area contributed by atoms with E-state index in [1.165, 1.54) is 0 Å². The minimum absolute atomic E-state index is 0.0815. The minimum Gasteiger partial charge on any atom is -0.489 e. The van der Waals surface area contributed by atoms with Crippen LogP contribution in [0.4, 0.5) is 0 Å². The van der Waals surface area contributed by atoms with Gasteiger partial charge in [0.2, 0.25) is 0 Å². The van der Waals surface area contributed by atoms with Gasteiger partial charge in [-0.05, 0) is 35.2 Å². The molecular formula is C17H17BrO3. The van der Waals surface area contributed by atoms with Crippen molar-refractivity contribution in [2.75, 3.05) is 0 Å². The molecule has 0 aliphatic rings. The second-order valence-corrected chi connectivity index (χ2v) is 5.87. The van der Waals surface area contributed by atoms with Crippen molar-refractivity contribution in [1.29, 1.82) is 0 Å². The molecule has 1 unspecified atom stereocenters. The summed E-state index contributed by atoms with van der Waals surface area (Å²) in [5.74, 6) is -0.182. The zero-order valence-corrected chi connectivity index (χ0v) is 13.3. The first-order chi connectivity index (χ1) is 10.1. The summed E-state index contributed by atoms with van der Waals surface area (Å²) < 4.78 is 6.79. The second kappa shape index (κ2) is 7.27. The van der Waals surface area contributed by atoms with E-state index < -0.39 is 5.97 Å². The third-order valence-electron chi connectivity index (χ3n) is 3.22. The molecule has 0 amide bonds. The van der Waals surface area contributed by atoms with Crippen molar-refractivity contribution in [2.24, 2.45) is 0 Å². The summed E-state index contributed by atoms with van der Waals surface area (Å²) in [4.78, 5) is 10.9. The predicted octanol–water partition coefficient (Wildman–Crippen LogP) is 4.61. The lowest BCUT2D eigenvalue weighted by Crippen LogP contribution is -2.06. The van der Waals surface area contributed by atoms with E-state index in [-0.39, 0.29) is 12.3 Å². The Morgan fingerprint density at radius 3 is 2.62 bits per heavy atom. The Bertz CT molecular complexity index is 611. The number of benzene rings is 2. The third kappa shape index (κ3) is 4.60. The van der Waals surface area contributed by atoms with Gasteiger partial charge in [-0.25, -0.2) is 0 Å². The fourth-order valence-electron chi connectivity index (χ4n) is 2.14. The Kier molecular flexibility index (Phi) is 5.39. The molecule has 0 radical (unpaired) electrons. The molecule has 0 aromatic heterocycles. The van der Waals surface area contributed by atoms with Crippen molar-refractivity contribution in [3.05, 3.63) is 64.1 Å². The van der Waals surface area contributed by atoms with E-state index >= 15 is 0 Å². The van der Waals surface area contributed by atoms with Gasteiger partial charge in [-0.15, -0.1) is 0 Å². The van der Waals surface area contributed by atoms with Crippen LogP contribution >= 0.6 is 15.9 Å². The van der Waals surface area contributed by atoms with Gasteiger partial charge in [0.15, 0.2) is 0 Å². The normalized spacial score (nSPS) is 11.9. The third-order valence-corrected chi connectivity index (χ3v) is 3.71. The number of carbonyl (C=O) groups is 1. The molecule has 2 rings (SSSR count). The molecular weight excluding hydrogens is 332 g/mol. The molecule has 0 bridgehead atoms. The number of aliphatic carboxylic acids is 1. The number of halogens is 1. The maximum atomic E-state index is 10.9. The van der Waals surface area contributed by atoms with Crippen molar-refractivity contribution in [1.82, 2.24) is 0 Å². The van der Waals surface area contributed by atoms with Crippen LogP contribution in [0.5, 0.6) is 5.75 Å². The van der Waals surface area contributed by atoms with E-state index in [0.29, 0.717) is 6.61 Å². The van der Waals surface area contributed by atoms with Crippen molar-refractivity contribution < 1.29 is 14.6 Å². The van der Waals surface area contributed by atoms with Crippen LogP contribution in [0.15, 0.2) is 53.0 Å². The van der Waals surface area contributed by atoms with Crippen LogP contribution < -0.4 is 4.74 Å². The smallest absolute Gasteiger partial charge is 0.303 e. The van der Waals surface area contributed by atoms with Crippen LogP contribution in [-0.4, -0.2) is 11.1 Å². The highest BCUT2D eigenvalue weighted by molar-refractivity contribution is 9.10. The number of hydrogen-bond acceptors (Lipinski definition) is 2. The quantitative estimate of drug-likeness (QED) is 0.829. The van der Waals surface area contributed by atoms with Gasteiger partial charge in [-0.1, -0.05) is 53.2 Å². The molecule has 2 aromatic carbocycles. The van der Waals surface area contributed by atoms with E-state index in [0.717, 1.165) is 21.3 Å². The van der Waals surface area contributed by atoms with E-state index in [4.69, 9.17) is 9.84 Å². The zero-order chi connectivity index (χ0) is 15.2. The fraction of sp³-hybridized carbons (Fsp3) is 0.235. The van der Waals surface area contributed by atoms with E-state index in [2.05, 4.69) is 15.9 Å². The van der Waals surface area contributed by atoms with Crippen molar-refractivity contribution in [3.63, 3.8) is 0 Å².